The monoisotopic (exact) mass is 240 g/mol. The highest BCUT2D eigenvalue weighted by molar-refractivity contribution is 6.21. The van der Waals surface area contributed by atoms with Gasteiger partial charge in [0.25, 0.3) is 0 Å². The molecule has 0 radical (unpaired) electrons. The lowest BCUT2D eigenvalue weighted by molar-refractivity contribution is 0.288. The zero-order valence-electron chi connectivity index (χ0n) is 10.4. The van der Waals surface area contributed by atoms with E-state index in [1.165, 1.54) is 0 Å². The minimum absolute atomic E-state index is 0.175. The van der Waals surface area contributed by atoms with E-state index in [0.29, 0.717) is 0 Å². The first-order valence-electron chi connectivity index (χ1n) is 5.82. The van der Waals surface area contributed by atoms with Crippen molar-refractivity contribution in [2.45, 2.75) is 39.0 Å². The van der Waals surface area contributed by atoms with Crippen molar-refractivity contribution in [3.05, 3.63) is 30.3 Å². The van der Waals surface area contributed by atoms with E-state index in [9.17, 15) is 0 Å². The molecular weight excluding hydrogens is 220 g/mol. The minimum Gasteiger partial charge on any atom is -0.494 e. The summed E-state index contributed by atoms with van der Waals surface area (Å²) in [6.45, 7) is 7.25. The van der Waals surface area contributed by atoms with E-state index in [1.807, 2.05) is 30.3 Å². The van der Waals surface area contributed by atoms with E-state index in [1.54, 1.807) is 0 Å². The molecule has 90 valence electrons. The van der Waals surface area contributed by atoms with Crippen LogP contribution in [0.4, 0.5) is 0 Å². The Kier molecular flexibility index (Phi) is 5.14. The molecule has 0 fully saturated rings. The van der Waals surface area contributed by atoms with Gasteiger partial charge in [-0.2, -0.15) is 0 Å². The topological polar surface area (TPSA) is 9.23 Å². The van der Waals surface area contributed by atoms with Gasteiger partial charge < -0.3 is 4.74 Å². The van der Waals surface area contributed by atoms with Gasteiger partial charge in [-0.15, -0.1) is 11.6 Å². The number of halogens is 1. The Balaban J connectivity index is 2.18. The first-order chi connectivity index (χ1) is 7.50. The first kappa shape index (κ1) is 13.4. The summed E-state index contributed by atoms with van der Waals surface area (Å²) in [6.07, 6.45) is 2.00. The SMILES string of the molecule is CC(C)(C)C(Cl)CCCOc1ccccc1. The smallest absolute Gasteiger partial charge is 0.119 e. The van der Waals surface area contributed by atoms with Gasteiger partial charge in [-0.05, 0) is 30.4 Å². The summed E-state index contributed by atoms with van der Waals surface area (Å²) in [5.41, 5.74) is 0.175. The molecule has 1 aromatic carbocycles. The fraction of sp³-hybridized carbons (Fsp3) is 0.571. The Morgan fingerprint density at radius 3 is 2.38 bits per heavy atom. The largest absolute Gasteiger partial charge is 0.494 e. The fourth-order valence-electron chi connectivity index (χ4n) is 1.40. The number of benzene rings is 1. The first-order valence-corrected chi connectivity index (χ1v) is 6.26. The van der Waals surface area contributed by atoms with Crippen molar-refractivity contribution in [1.29, 1.82) is 0 Å². The van der Waals surface area contributed by atoms with Crippen LogP contribution in [-0.2, 0) is 0 Å². The normalized spacial score (nSPS) is 13.5. The molecule has 16 heavy (non-hydrogen) atoms. The van der Waals surface area contributed by atoms with Gasteiger partial charge in [0.15, 0.2) is 0 Å². The van der Waals surface area contributed by atoms with Crippen LogP contribution < -0.4 is 4.74 Å². The molecule has 0 aromatic heterocycles. The summed E-state index contributed by atoms with van der Waals surface area (Å²) < 4.78 is 5.61. The molecule has 0 aliphatic heterocycles. The van der Waals surface area contributed by atoms with E-state index < -0.39 is 0 Å². The summed E-state index contributed by atoms with van der Waals surface area (Å²) in [4.78, 5) is 0. The predicted octanol–water partition coefficient (Wildman–Crippen LogP) is 4.50. The molecule has 0 bridgehead atoms. The Morgan fingerprint density at radius 1 is 1.19 bits per heavy atom. The second-order valence-corrected chi connectivity index (χ2v) is 5.66. The second-order valence-electron chi connectivity index (χ2n) is 5.14. The van der Waals surface area contributed by atoms with E-state index in [-0.39, 0.29) is 10.8 Å². The summed E-state index contributed by atoms with van der Waals surface area (Å²) in [7, 11) is 0. The summed E-state index contributed by atoms with van der Waals surface area (Å²) in [5, 5.41) is 0.215. The van der Waals surface area contributed by atoms with Crippen LogP contribution in [0.25, 0.3) is 0 Å². The Labute approximate surface area is 104 Å². The molecule has 1 aromatic rings. The zero-order chi connectivity index (χ0) is 12.0. The molecule has 0 amide bonds. The molecule has 0 saturated heterocycles. The highest BCUT2D eigenvalue weighted by Gasteiger charge is 2.21. The molecule has 0 N–H and O–H groups in total. The molecule has 1 unspecified atom stereocenters. The Bertz CT molecular complexity index is 289. The maximum absolute atomic E-state index is 6.28. The molecule has 2 heteroatoms. The number of alkyl halides is 1. The highest BCUT2D eigenvalue weighted by atomic mass is 35.5. The average Bonchev–Trinajstić information content (AvgIpc) is 2.24. The third kappa shape index (κ3) is 4.89. The summed E-state index contributed by atoms with van der Waals surface area (Å²) >= 11 is 6.28. The fourth-order valence-corrected chi connectivity index (χ4v) is 1.56. The highest BCUT2D eigenvalue weighted by Crippen LogP contribution is 2.27. The quantitative estimate of drug-likeness (QED) is 0.544. The van der Waals surface area contributed by atoms with Gasteiger partial charge in [-0.1, -0.05) is 39.0 Å². The van der Waals surface area contributed by atoms with Gasteiger partial charge in [0.1, 0.15) is 5.75 Å². The van der Waals surface area contributed by atoms with E-state index in [0.717, 1.165) is 25.2 Å². The minimum atomic E-state index is 0.175. The van der Waals surface area contributed by atoms with E-state index in [2.05, 4.69) is 20.8 Å². The van der Waals surface area contributed by atoms with E-state index >= 15 is 0 Å². The Hall–Kier alpha value is -0.690. The Morgan fingerprint density at radius 2 is 1.81 bits per heavy atom. The van der Waals surface area contributed by atoms with Crippen LogP contribution in [0, 0.1) is 5.41 Å². The van der Waals surface area contributed by atoms with Crippen molar-refractivity contribution < 1.29 is 4.74 Å². The van der Waals surface area contributed by atoms with Gasteiger partial charge in [0.05, 0.1) is 6.61 Å². The number of hydrogen-bond acceptors (Lipinski definition) is 1. The molecule has 1 atom stereocenters. The van der Waals surface area contributed by atoms with Crippen LogP contribution >= 0.6 is 11.6 Å². The van der Waals surface area contributed by atoms with Crippen molar-refractivity contribution in [3.63, 3.8) is 0 Å². The molecule has 0 aliphatic carbocycles. The van der Waals surface area contributed by atoms with Gasteiger partial charge >= 0.3 is 0 Å². The maximum Gasteiger partial charge on any atom is 0.119 e. The van der Waals surface area contributed by atoms with Crippen molar-refractivity contribution in [1.82, 2.24) is 0 Å². The van der Waals surface area contributed by atoms with Crippen LogP contribution in [0.15, 0.2) is 30.3 Å². The second kappa shape index (κ2) is 6.15. The molecule has 0 aliphatic rings. The van der Waals surface area contributed by atoms with Crippen molar-refractivity contribution in [2.75, 3.05) is 6.61 Å². The molecule has 0 heterocycles. The van der Waals surface area contributed by atoms with Crippen LogP contribution in [-0.4, -0.2) is 12.0 Å². The zero-order valence-corrected chi connectivity index (χ0v) is 11.1. The van der Waals surface area contributed by atoms with E-state index in [4.69, 9.17) is 16.3 Å². The number of ether oxygens (including phenoxy) is 1. The molecule has 1 rings (SSSR count). The molecule has 1 nitrogen and oxygen atoms in total. The number of rotatable bonds is 5. The standard InChI is InChI=1S/C14H21ClO/c1-14(2,3)13(15)10-7-11-16-12-8-5-4-6-9-12/h4-6,8-9,13H,7,10-11H2,1-3H3. The molecule has 0 spiro atoms. The number of para-hydroxylation sites is 1. The van der Waals surface area contributed by atoms with Crippen molar-refractivity contribution >= 4 is 11.6 Å². The van der Waals surface area contributed by atoms with Crippen LogP contribution in [0.3, 0.4) is 0 Å². The maximum atomic E-state index is 6.28. The van der Waals surface area contributed by atoms with Crippen molar-refractivity contribution in [3.8, 4) is 5.75 Å². The number of hydrogen-bond donors (Lipinski definition) is 0. The molecule has 0 saturated carbocycles. The summed E-state index contributed by atoms with van der Waals surface area (Å²) in [5.74, 6) is 0.935. The lowest BCUT2D eigenvalue weighted by Crippen LogP contribution is -2.21. The third-order valence-corrected chi connectivity index (χ3v) is 3.43. The van der Waals surface area contributed by atoms with Crippen LogP contribution in [0.5, 0.6) is 5.75 Å². The van der Waals surface area contributed by atoms with Gasteiger partial charge in [0.2, 0.25) is 0 Å². The van der Waals surface area contributed by atoms with Crippen LogP contribution in [0.2, 0.25) is 0 Å². The average molecular weight is 241 g/mol. The summed E-state index contributed by atoms with van der Waals surface area (Å²) in [6, 6.07) is 9.90. The van der Waals surface area contributed by atoms with Gasteiger partial charge in [0, 0.05) is 5.38 Å². The van der Waals surface area contributed by atoms with Crippen LogP contribution in [0.1, 0.15) is 33.6 Å². The van der Waals surface area contributed by atoms with Gasteiger partial charge in [-0.3, -0.25) is 0 Å². The lowest BCUT2D eigenvalue weighted by atomic mass is 9.89. The molecular formula is C14H21ClO. The van der Waals surface area contributed by atoms with Gasteiger partial charge in [-0.25, -0.2) is 0 Å². The lowest BCUT2D eigenvalue weighted by Gasteiger charge is -2.24. The predicted molar refractivity (Wildman–Crippen MR) is 70.3 cm³/mol. The third-order valence-electron chi connectivity index (χ3n) is 2.55. The van der Waals surface area contributed by atoms with Crippen molar-refractivity contribution in [2.24, 2.45) is 5.41 Å².